The Balaban J connectivity index is 1.33. The van der Waals surface area contributed by atoms with Crippen molar-refractivity contribution in [2.24, 2.45) is 11.8 Å². The van der Waals surface area contributed by atoms with Gasteiger partial charge in [0.15, 0.2) is 0 Å². The van der Waals surface area contributed by atoms with Gasteiger partial charge in [0.25, 0.3) is 0 Å². The summed E-state index contributed by atoms with van der Waals surface area (Å²) in [5.41, 5.74) is 5.03. The van der Waals surface area contributed by atoms with Gasteiger partial charge in [-0.3, -0.25) is 14.5 Å². The van der Waals surface area contributed by atoms with Gasteiger partial charge in [0, 0.05) is 42.7 Å². The molecule has 3 atom stereocenters. The zero-order valence-corrected chi connectivity index (χ0v) is 24.3. The molecule has 0 unspecified atom stereocenters. The largest absolute Gasteiger partial charge is 0.488 e. The van der Waals surface area contributed by atoms with Crippen molar-refractivity contribution >= 4 is 17.5 Å². The van der Waals surface area contributed by atoms with Crippen LogP contribution in [0.4, 0.5) is 5.69 Å². The van der Waals surface area contributed by atoms with Crippen LogP contribution in [-0.2, 0) is 22.6 Å². The second-order valence-electron chi connectivity index (χ2n) is 11.7. The molecule has 2 N–H and O–H groups in total. The van der Waals surface area contributed by atoms with E-state index in [9.17, 15) is 14.7 Å². The van der Waals surface area contributed by atoms with Gasteiger partial charge in [-0.05, 0) is 61.7 Å². The summed E-state index contributed by atoms with van der Waals surface area (Å²) in [6, 6.07) is 24.3. The Morgan fingerprint density at radius 2 is 1.78 bits per heavy atom. The van der Waals surface area contributed by atoms with Gasteiger partial charge in [0.05, 0.1) is 19.1 Å². The summed E-state index contributed by atoms with van der Waals surface area (Å²) in [6.45, 7) is 5.79. The van der Waals surface area contributed by atoms with Gasteiger partial charge in [-0.25, -0.2) is 0 Å². The van der Waals surface area contributed by atoms with E-state index in [0.29, 0.717) is 24.5 Å². The summed E-state index contributed by atoms with van der Waals surface area (Å²) in [4.78, 5) is 29.8. The lowest BCUT2D eigenvalue weighted by atomic mass is 10.0. The third-order valence-corrected chi connectivity index (χ3v) is 8.14. The van der Waals surface area contributed by atoms with E-state index in [0.717, 1.165) is 24.9 Å². The molecule has 1 fully saturated rings. The Morgan fingerprint density at radius 3 is 2.46 bits per heavy atom. The molecule has 1 aliphatic carbocycles. The fraction of sp³-hybridized carbons (Fsp3) is 0.412. The molecule has 0 saturated heterocycles. The minimum atomic E-state index is -0.300. The molecule has 7 heteroatoms. The van der Waals surface area contributed by atoms with Crippen molar-refractivity contribution in [1.82, 2.24) is 9.80 Å². The zero-order valence-electron chi connectivity index (χ0n) is 24.3. The van der Waals surface area contributed by atoms with Crippen LogP contribution in [0, 0.1) is 11.8 Å². The smallest absolute Gasteiger partial charge is 0.227 e. The first-order valence-electron chi connectivity index (χ1n) is 14.6. The lowest BCUT2D eigenvalue weighted by Gasteiger charge is -2.34. The second-order valence-corrected chi connectivity index (χ2v) is 11.7. The van der Waals surface area contributed by atoms with Crippen LogP contribution in [0.2, 0.25) is 0 Å². The van der Waals surface area contributed by atoms with Crippen LogP contribution in [0.3, 0.4) is 0 Å². The first-order valence-corrected chi connectivity index (χ1v) is 14.6. The third kappa shape index (κ3) is 7.34. The fourth-order valence-electron chi connectivity index (χ4n) is 5.43. The number of hydrogen-bond acceptors (Lipinski definition) is 5. The first kappa shape index (κ1) is 28.8. The Labute approximate surface area is 243 Å². The number of amides is 2. The molecule has 2 aliphatic rings. The van der Waals surface area contributed by atoms with Crippen molar-refractivity contribution in [3.05, 3.63) is 83.9 Å². The lowest BCUT2D eigenvalue weighted by molar-refractivity contribution is -0.134. The molecule has 7 nitrogen and oxygen atoms in total. The number of aliphatic hydroxyl groups is 1. The average molecular weight is 556 g/mol. The second kappa shape index (κ2) is 12.9. The normalized spacial score (nSPS) is 19.9. The molecule has 0 bridgehead atoms. The molecule has 216 valence electrons. The van der Waals surface area contributed by atoms with Crippen LogP contribution in [0.5, 0.6) is 5.75 Å². The van der Waals surface area contributed by atoms with Crippen molar-refractivity contribution in [1.29, 1.82) is 0 Å². The van der Waals surface area contributed by atoms with E-state index < -0.39 is 0 Å². The molecular weight excluding hydrogens is 514 g/mol. The molecule has 0 radical (unpaired) electrons. The van der Waals surface area contributed by atoms with E-state index in [1.54, 1.807) is 4.90 Å². The van der Waals surface area contributed by atoms with Crippen molar-refractivity contribution in [3.63, 3.8) is 0 Å². The van der Waals surface area contributed by atoms with E-state index in [1.165, 1.54) is 16.7 Å². The third-order valence-electron chi connectivity index (χ3n) is 8.14. The fourth-order valence-corrected chi connectivity index (χ4v) is 5.43. The number of benzene rings is 3. The van der Waals surface area contributed by atoms with Crippen LogP contribution in [0.25, 0.3) is 11.1 Å². The first-order chi connectivity index (χ1) is 19.8. The summed E-state index contributed by atoms with van der Waals surface area (Å²) in [7, 11) is 2.09. The van der Waals surface area contributed by atoms with Gasteiger partial charge in [0.1, 0.15) is 11.9 Å². The molecular formula is C34H41N3O4. The Kier molecular flexibility index (Phi) is 9.06. The van der Waals surface area contributed by atoms with E-state index in [2.05, 4.69) is 72.7 Å². The molecule has 0 aromatic heterocycles. The van der Waals surface area contributed by atoms with E-state index >= 15 is 0 Å². The quantitative estimate of drug-likeness (QED) is 0.389. The summed E-state index contributed by atoms with van der Waals surface area (Å²) in [5, 5.41) is 12.9. The Hall–Kier alpha value is -3.68. The van der Waals surface area contributed by atoms with Crippen molar-refractivity contribution in [2.75, 3.05) is 32.1 Å². The predicted octanol–water partition coefficient (Wildman–Crippen LogP) is 4.98. The van der Waals surface area contributed by atoms with Gasteiger partial charge in [0.2, 0.25) is 11.8 Å². The van der Waals surface area contributed by atoms with Crippen molar-refractivity contribution < 1.29 is 19.4 Å². The highest BCUT2D eigenvalue weighted by Gasteiger charge is 2.32. The van der Waals surface area contributed by atoms with Gasteiger partial charge in [-0.15, -0.1) is 0 Å². The molecule has 3 aromatic carbocycles. The van der Waals surface area contributed by atoms with Gasteiger partial charge in [-0.2, -0.15) is 0 Å². The minimum absolute atomic E-state index is 0.0241. The molecule has 2 amide bonds. The molecule has 1 aliphatic heterocycles. The number of likely N-dealkylation sites (N-methyl/N-ethyl adjacent to an activating group) is 1. The van der Waals surface area contributed by atoms with E-state index in [1.807, 2.05) is 31.2 Å². The predicted molar refractivity (Wildman–Crippen MR) is 162 cm³/mol. The number of ether oxygens (including phenoxy) is 1. The van der Waals surface area contributed by atoms with Gasteiger partial charge in [-0.1, -0.05) is 61.5 Å². The van der Waals surface area contributed by atoms with Crippen LogP contribution in [0.1, 0.15) is 37.8 Å². The number of anilines is 1. The summed E-state index contributed by atoms with van der Waals surface area (Å²) in [6.07, 6.45) is 1.82. The van der Waals surface area contributed by atoms with E-state index in [-0.39, 0.29) is 48.8 Å². The SMILES string of the molecule is C[C@@H]1CN([C@@H](C)CO)C(=O)Cc2cc(NC(=O)C3CC3)ccc2O[C@@H]1CN(C)Cc1ccc(-c2ccccc2)cc1. The number of hydrogen-bond donors (Lipinski definition) is 2. The summed E-state index contributed by atoms with van der Waals surface area (Å²) < 4.78 is 6.65. The van der Waals surface area contributed by atoms with Crippen LogP contribution in [0.15, 0.2) is 72.8 Å². The van der Waals surface area contributed by atoms with Crippen LogP contribution >= 0.6 is 0 Å². The number of carbonyl (C=O) groups excluding carboxylic acids is 2. The molecule has 1 saturated carbocycles. The minimum Gasteiger partial charge on any atom is -0.488 e. The zero-order chi connectivity index (χ0) is 28.9. The molecule has 5 rings (SSSR count). The maximum absolute atomic E-state index is 13.4. The molecule has 0 spiro atoms. The van der Waals surface area contributed by atoms with E-state index in [4.69, 9.17) is 4.74 Å². The maximum atomic E-state index is 13.4. The summed E-state index contributed by atoms with van der Waals surface area (Å²) in [5.74, 6) is 0.756. The standard InChI is InChI=1S/C34H41N3O4/c1-23-19-37(24(2)22-38)33(39)18-29-17-30(35-34(40)28-13-14-28)15-16-31(29)41-32(23)21-36(3)20-25-9-11-27(12-10-25)26-7-5-4-6-8-26/h4-12,15-17,23-24,28,32,38H,13-14,18-22H2,1-3H3,(H,35,40)/t23-,24+,32-/m1/s1. The number of nitrogens with one attached hydrogen (secondary N) is 1. The average Bonchev–Trinajstić information content (AvgIpc) is 3.82. The number of carbonyl (C=O) groups is 2. The topological polar surface area (TPSA) is 82.1 Å². The summed E-state index contributed by atoms with van der Waals surface area (Å²) >= 11 is 0. The Morgan fingerprint density at radius 1 is 1.07 bits per heavy atom. The van der Waals surface area contributed by atoms with Crippen molar-refractivity contribution in [2.45, 2.75) is 51.8 Å². The number of rotatable bonds is 9. The highest BCUT2D eigenvalue weighted by Crippen LogP contribution is 2.32. The number of fused-ring (bicyclic) bond motifs is 1. The monoisotopic (exact) mass is 555 g/mol. The lowest BCUT2D eigenvalue weighted by Crippen LogP contribution is -2.47. The highest BCUT2D eigenvalue weighted by atomic mass is 16.5. The van der Waals surface area contributed by atoms with Crippen LogP contribution < -0.4 is 10.1 Å². The molecule has 41 heavy (non-hydrogen) atoms. The number of nitrogens with zero attached hydrogens (tertiary/aromatic N) is 2. The van der Waals surface area contributed by atoms with Gasteiger partial charge < -0.3 is 20.1 Å². The molecule has 3 aromatic rings. The number of aliphatic hydroxyl groups excluding tert-OH is 1. The van der Waals surface area contributed by atoms with Crippen molar-refractivity contribution in [3.8, 4) is 16.9 Å². The maximum Gasteiger partial charge on any atom is 0.227 e. The van der Waals surface area contributed by atoms with Gasteiger partial charge >= 0.3 is 0 Å². The Bertz CT molecular complexity index is 1340. The highest BCUT2D eigenvalue weighted by molar-refractivity contribution is 5.94. The molecule has 1 heterocycles. The van der Waals surface area contributed by atoms with Crippen LogP contribution in [-0.4, -0.2) is 65.6 Å².